The number of ketones is 2. The van der Waals surface area contributed by atoms with Crippen molar-refractivity contribution in [1.82, 2.24) is 5.32 Å². The van der Waals surface area contributed by atoms with Gasteiger partial charge in [0.15, 0.2) is 22.9 Å². The number of anilines is 1. The van der Waals surface area contributed by atoms with E-state index in [1.807, 2.05) is 0 Å². The van der Waals surface area contributed by atoms with Crippen LogP contribution in [0.2, 0.25) is 0 Å². The number of hydrogen-bond acceptors (Lipinski definition) is 9. The van der Waals surface area contributed by atoms with E-state index in [0.717, 1.165) is 0 Å². The van der Waals surface area contributed by atoms with Gasteiger partial charge in [-0.2, -0.15) is 0 Å². The fourth-order valence-corrected chi connectivity index (χ4v) is 5.46. The first kappa shape index (κ1) is 28.5. The van der Waals surface area contributed by atoms with Crippen molar-refractivity contribution in [3.05, 3.63) is 34.6 Å². The molecule has 1 saturated carbocycles. The Kier molecular flexibility index (Phi) is 8.25. The monoisotopic (exact) mass is 531 g/mol. The molecule has 5 atom stereocenters. The van der Waals surface area contributed by atoms with Gasteiger partial charge in [-0.05, 0) is 31.5 Å². The smallest absolute Gasteiger partial charge is 0.238 e. The molecule has 3 aliphatic carbocycles. The van der Waals surface area contributed by atoms with Gasteiger partial charge in [-0.25, -0.2) is 0 Å². The summed E-state index contributed by atoms with van der Waals surface area (Å²) in [5, 5.41) is 48.1. The van der Waals surface area contributed by atoms with Gasteiger partial charge in [0, 0.05) is 23.8 Å². The minimum absolute atomic E-state index is 0. The molecule has 0 saturated heterocycles. The van der Waals surface area contributed by atoms with Crippen molar-refractivity contribution < 1.29 is 39.6 Å². The van der Waals surface area contributed by atoms with Crippen molar-refractivity contribution >= 4 is 53.9 Å². The number of nitrogens with one attached hydrogen (secondary N) is 2. The summed E-state index contributed by atoms with van der Waals surface area (Å²) in [7, 11) is 1.56. The van der Waals surface area contributed by atoms with Gasteiger partial charge in [0.2, 0.25) is 11.8 Å². The average molecular weight is 532 g/mol. The number of aromatic hydroxyl groups is 1. The summed E-state index contributed by atoms with van der Waals surface area (Å²) in [5.74, 6) is -7.94. The maximum atomic E-state index is 13.5. The molecule has 2 amide bonds. The maximum Gasteiger partial charge on any atom is 0.238 e. The van der Waals surface area contributed by atoms with Crippen molar-refractivity contribution in [3.8, 4) is 5.75 Å². The Morgan fingerprint density at radius 1 is 1.17 bits per heavy atom. The van der Waals surface area contributed by atoms with Crippen LogP contribution in [-0.2, 0) is 20.8 Å². The molecule has 35 heavy (non-hydrogen) atoms. The molecule has 0 spiro atoms. The summed E-state index contributed by atoms with van der Waals surface area (Å²) in [6.07, 6.45) is -1.74. The van der Waals surface area contributed by atoms with Crippen molar-refractivity contribution in [2.24, 2.45) is 23.5 Å². The van der Waals surface area contributed by atoms with E-state index in [0.29, 0.717) is 5.56 Å². The molecule has 8 N–H and O–H groups in total. The fraction of sp³-hybridized carbons (Fsp3) is 0.455. The first-order chi connectivity index (χ1) is 15.5. The molecule has 192 valence electrons. The minimum Gasteiger partial charge on any atom is -0.508 e. The van der Waals surface area contributed by atoms with Gasteiger partial charge < -0.3 is 36.8 Å². The van der Waals surface area contributed by atoms with Crippen LogP contribution in [0.4, 0.5) is 5.69 Å². The Hall–Kier alpha value is -2.70. The summed E-state index contributed by atoms with van der Waals surface area (Å²) in [6, 6.07) is 2.92. The minimum atomic E-state index is -2.55. The van der Waals surface area contributed by atoms with E-state index < -0.39 is 70.8 Å². The standard InChI is InChI=1S/C22H25N3O8.2ClH/c1-24-7-14(28)25-12-3-2-8-4-10-16(21(23)32)11-5-9(26)6-13(27)22(11,33)20(31)17(10)19(30)15(8)18(12)29;;/h2-3,9-11,16,24,26,29,31,33H,4-7H2,1H3,(H2,23,32)(H,25,28);2*1H. The van der Waals surface area contributed by atoms with Crippen LogP contribution < -0.4 is 16.4 Å². The largest absolute Gasteiger partial charge is 0.508 e. The lowest BCUT2D eigenvalue weighted by Crippen LogP contribution is -2.63. The van der Waals surface area contributed by atoms with Crippen molar-refractivity contribution in [3.63, 3.8) is 0 Å². The lowest BCUT2D eigenvalue weighted by Gasteiger charge is -2.50. The van der Waals surface area contributed by atoms with Gasteiger partial charge in [0.05, 0.1) is 29.8 Å². The molecule has 0 heterocycles. The Labute approximate surface area is 212 Å². The number of halogens is 2. The van der Waals surface area contributed by atoms with E-state index in [2.05, 4.69) is 10.6 Å². The number of rotatable bonds is 4. The molecule has 5 unspecified atom stereocenters. The second kappa shape index (κ2) is 10.1. The highest BCUT2D eigenvalue weighted by molar-refractivity contribution is 6.16. The topological polar surface area (TPSA) is 199 Å². The predicted octanol–water partition coefficient (Wildman–Crippen LogP) is -0.253. The Balaban J connectivity index is 0.00000216. The molecular weight excluding hydrogens is 505 g/mol. The lowest BCUT2D eigenvalue weighted by molar-refractivity contribution is -0.163. The molecule has 1 aromatic rings. The van der Waals surface area contributed by atoms with Gasteiger partial charge in [0.25, 0.3) is 0 Å². The van der Waals surface area contributed by atoms with Gasteiger partial charge in [0.1, 0.15) is 5.76 Å². The summed E-state index contributed by atoms with van der Waals surface area (Å²) in [5.41, 5.74) is 2.81. The number of likely N-dealkylation sites (N-methyl/N-ethyl adjacent to an activating group) is 1. The van der Waals surface area contributed by atoms with Crippen molar-refractivity contribution in [2.75, 3.05) is 18.9 Å². The molecule has 11 nitrogen and oxygen atoms in total. The maximum absolute atomic E-state index is 13.5. The Morgan fingerprint density at radius 3 is 2.43 bits per heavy atom. The van der Waals surface area contributed by atoms with Crippen LogP contribution in [0, 0.1) is 17.8 Å². The second-order valence-corrected chi connectivity index (χ2v) is 8.79. The number of nitrogens with two attached hydrogens (primary N) is 1. The SMILES string of the molecule is CNCC(=O)Nc1ccc2c(c1O)C(=O)C1=C(O)C3(O)C(=O)CC(O)CC3C(C(N)=O)C1C2.Cl.Cl. The number of aliphatic hydroxyl groups is 3. The number of allylic oxidation sites excluding steroid dienone is 1. The molecule has 13 heteroatoms. The molecule has 0 aromatic heterocycles. The number of carbonyl (C=O) groups is 4. The summed E-state index contributed by atoms with van der Waals surface area (Å²) >= 11 is 0. The number of aliphatic hydroxyl groups excluding tert-OH is 2. The van der Waals surface area contributed by atoms with Crippen LogP contribution in [-0.4, -0.2) is 69.1 Å². The number of primary amides is 1. The van der Waals surface area contributed by atoms with E-state index >= 15 is 0 Å². The van der Waals surface area contributed by atoms with Crippen LogP contribution in [0.3, 0.4) is 0 Å². The average Bonchev–Trinajstić information content (AvgIpc) is 2.72. The highest BCUT2D eigenvalue weighted by Crippen LogP contribution is 2.53. The molecule has 3 aliphatic rings. The van der Waals surface area contributed by atoms with Gasteiger partial charge in [-0.3, -0.25) is 19.2 Å². The van der Waals surface area contributed by atoms with Gasteiger partial charge in [-0.15, -0.1) is 24.8 Å². The van der Waals surface area contributed by atoms with Crippen LogP contribution in [0.5, 0.6) is 5.75 Å². The predicted molar refractivity (Wildman–Crippen MR) is 128 cm³/mol. The third kappa shape index (κ3) is 4.27. The van der Waals surface area contributed by atoms with Crippen molar-refractivity contribution in [1.29, 1.82) is 0 Å². The summed E-state index contributed by atoms with van der Waals surface area (Å²) in [6.45, 7) is -0.0405. The molecule has 0 aliphatic heterocycles. The van der Waals surface area contributed by atoms with E-state index in [1.165, 1.54) is 12.1 Å². The van der Waals surface area contributed by atoms with Crippen molar-refractivity contribution in [2.45, 2.75) is 31.0 Å². The number of fused-ring (bicyclic) bond motifs is 3. The number of benzene rings is 1. The zero-order valence-corrected chi connectivity index (χ0v) is 20.2. The molecule has 4 rings (SSSR count). The van der Waals surface area contributed by atoms with Crippen LogP contribution in [0.1, 0.15) is 28.8 Å². The van der Waals surface area contributed by atoms with E-state index in [-0.39, 0.29) is 61.0 Å². The molecule has 1 aromatic carbocycles. The summed E-state index contributed by atoms with van der Waals surface area (Å²) in [4.78, 5) is 50.5. The van der Waals surface area contributed by atoms with Crippen LogP contribution in [0.15, 0.2) is 23.5 Å². The number of phenolic OH excluding ortho intramolecular Hbond substituents is 1. The number of phenols is 1. The Bertz CT molecular complexity index is 1120. The van der Waals surface area contributed by atoms with Crippen LogP contribution >= 0.6 is 24.8 Å². The second-order valence-electron chi connectivity index (χ2n) is 8.79. The molecule has 1 fully saturated rings. The third-order valence-electron chi connectivity index (χ3n) is 6.88. The number of Topliss-reactive ketones (excluding diaryl/α,β-unsaturated/α-hetero) is 2. The third-order valence-corrected chi connectivity index (χ3v) is 6.88. The zero-order chi connectivity index (χ0) is 24.2. The number of hydrogen-bond donors (Lipinski definition) is 7. The molecule has 0 bridgehead atoms. The number of carbonyl (C=O) groups excluding carboxylic acids is 4. The van der Waals surface area contributed by atoms with E-state index in [9.17, 15) is 39.6 Å². The zero-order valence-electron chi connectivity index (χ0n) is 18.6. The van der Waals surface area contributed by atoms with Gasteiger partial charge >= 0.3 is 0 Å². The lowest BCUT2D eigenvalue weighted by atomic mass is 9.55. The highest BCUT2D eigenvalue weighted by Gasteiger charge is 2.63. The fourth-order valence-electron chi connectivity index (χ4n) is 5.46. The molecule has 0 radical (unpaired) electrons. The first-order valence-electron chi connectivity index (χ1n) is 10.5. The van der Waals surface area contributed by atoms with Gasteiger partial charge in [-0.1, -0.05) is 6.07 Å². The molecular formula is C22H27Cl2N3O8. The highest BCUT2D eigenvalue weighted by atomic mass is 35.5. The van der Waals surface area contributed by atoms with Crippen LogP contribution in [0.25, 0.3) is 0 Å². The number of amides is 2. The first-order valence-corrected chi connectivity index (χ1v) is 10.5. The quantitative estimate of drug-likeness (QED) is 0.256. The van der Waals surface area contributed by atoms with E-state index in [1.54, 1.807) is 7.05 Å². The normalized spacial score (nSPS) is 29.1. The Morgan fingerprint density at radius 2 is 1.83 bits per heavy atom. The summed E-state index contributed by atoms with van der Waals surface area (Å²) < 4.78 is 0. The van der Waals surface area contributed by atoms with E-state index in [4.69, 9.17) is 5.73 Å².